The van der Waals surface area contributed by atoms with E-state index in [4.69, 9.17) is 5.73 Å². The third-order valence-corrected chi connectivity index (χ3v) is 2.11. The second kappa shape index (κ2) is 6.00. The average molecular weight is 253 g/mol. The van der Waals surface area contributed by atoms with E-state index in [9.17, 15) is 4.79 Å². The Kier molecular flexibility index (Phi) is 4.66. The lowest BCUT2D eigenvalue weighted by atomic mass is 10.1. The van der Waals surface area contributed by atoms with Crippen LogP contribution in [0.25, 0.3) is 0 Å². The number of hydrogen-bond acceptors (Lipinski definition) is 3. The minimum atomic E-state index is -0.420. The molecule has 17 heavy (non-hydrogen) atoms. The van der Waals surface area contributed by atoms with Crippen molar-refractivity contribution >= 4 is 18.3 Å². The Morgan fingerprint density at radius 3 is 2.65 bits per heavy atom. The summed E-state index contributed by atoms with van der Waals surface area (Å²) in [6, 6.07) is 9.91. The summed E-state index contributed by atoms with van der Waals surface area (Å²) < 4.78 is 1.45. The molecule has 0 fully saturated rings. The number of nitrogens with two attached hydrogens (primary N) is 1. The minimum absolute atomic E-state index is 0. The zero-order valence-electron chi connectivity index (χ0n) is 9.11. The number of rotatable bonds is 4. The molecular formula is C11H13ClN4O. The summed E-state index contributed by atoms with van der Waals surface area (Å²) in [7, 11) is 0. The van der Waals surface area contributed by atoms with Crippen LogP contribution in [0.1, 0.15) is 11.4 Å². The van der Waals surface area contributed by atoms with Crippen molar-refractivity contribution in [1.82, 2.24) is 14.8 Å². The molecule has 0 aliphatic heterocycles. The number of hydrogen-bond donors (Lipinski definition) is 1. The molecule has 0 aliphatic carbocycles. The van der Waals surface area contributed by atoms with E-state index in [0.29, 0.717) is 12.2 Å². The van der Waals surface area contributed by atoms with Gasteiger partial charge in [-0.25, -0.2) is 9.67 Å². The summed E-state index contributed by atoms with van der Waals surface area (Å²) in [5.74, 6) is 0.267. The van der Waals surface area contributed by atoms with Crippen molar-refractivity contribution in [2.45, 2.75) is 13.0 Å². The molecule has 0 spiro atoms. The van der Waals surface area contributed by atoms with Crippen LogP contribution in [0.5, 0.6) is 0 Å². The molecule has 1 amide bonds. The van der Waals surface area contributed by atoms with Crippen LogP contribution >= 0.6 is 12.4 Å². The maximum atomic E-state index is 10.7. The molecule has 1 heterocycles. The highest BCUT2D eigenvalue weighted by Crippen LogP contribution is 2.04. The molecule has 1 aromatic heterocycles. The van der Waals surface area contributed by atoms with Gasteiger partial charge in [-0.1, -0.05) is 30.3 Å². The van der Waals surface area contributed by atoms with E-state index in [1.165, 1.54) is 11.0 Å². The van der Waals surface area contributed by atoms with E-state index in [-0.39, 0.29) is 19.0 Å². The van der Waals surface area contributed by atoms with Crippen LogP contribution in [0.4, 0.5) is 0 Å². The lowest BCUT2D eigenvalue weighted by Crippen LogP contribution is -2.19. The number of primary amides is 1. The summed E-state index contributed by atoms with van der Waals surface area (Å²) in [5, 5.41) is 4.15. The van der Waals surface area contributed by atoms with E-state index < -0.39 is 5.91 Å². The normalized spacial score (nSPS) is 9.65. The second-order valence-electron chi connectivity index (χ2n) is 3.49. The first-order chi connectivity index (χ1) is 7.74. The zero-order chi connectivity index (χ0) is 11.4. The quantitative estimate of drug-likeness (QED) is 0.874. The maximum absolute atomic E-state index is 10.7. The third-order valence-electron chi connectivity index (χ3n) is 2.11. The van der Waals surface area contributed by atoms with Crippen molar-refractivity contribution in [2.24, 2.45) is 5.73 Å². The van der Waals surface area contributed by atoms with E-state index in [2.05, 4.69) is 10.1 Å². The number of halogens is 1. The summed E-state index contributed by atoms with van der Waals surface area (Å²) >= 11 is 0. The van der Waals surface area contributed by atoms with Gasteiger partial charge in [0.25, 0.3) is 0 Å². The van der Waals surface area contributed by atoms with Crippen molar-refractivity contribution < 1.29 is 4.79 Å². The Bertz CT molecular complexity index is 483. The van der Waals surface area contributed by atoms with E-state index >= 15 is 0 Å². The molecule has 0 atom stereocenters. The fourth-order valence-electron chi connectivity index (χ4n) is 1.43. The zero-order valence-corrected chi connectivity index (χ0v) is 9.93. The summed E-state index contributed by atoms with van der Waals surface area (Å²) in [4.78, 5) is 14.8. The molecule has 2 rings (SSSR count). The summed E-state index contributed by atoms with van der Waals surface area (Å²) in [6.07, 6.45) is 2.18. The average Bonchev–Trinajstić information content (AvgIpc) is 2.66. The Balaban J connectivity index is 0.00000144. The Morgan fingerprint density at radius 1 is 1.29 bits per heavy atom. The van der Waals surface area contributed by atoms with Crippen molar-refractivity contribution in [3.05, 3.63) is 48.0 Å². The van der Waals surface area contributed by atoms with E-state index in [1.54, 1.807) is 0 Å². The predicted octanol–water partition coefficient (Wildman–Crippen LogP) is 0.776. The molecule has 2 aromatic rings. The molecular weight excluding hydrogens is 240 g/mol. The largest absolute Gasteiger partial charge is 0.368 e. The monoisotopic (exact) mass is 252 g/mol. The molecule has 6 heteroatoms. The first-order valence-corrected chi connectivity index (χ1v) is 4.94. The lowest BCUT2D eigenvalue weighted by Gasteiger charge is -1.96. The molecule has 5 nitrogen and oxygen atoms in total. The third kappa shape index (κ3) is 3.88. The molecule has 0 unspecified atom stereocenters. The Labute approximate surface area is 105 Å². The van der Waals surface area contributed by atoms with Gasteiger partial charge in [-0.2, -0.15) is 5.10 Å². The van der Waals surface area contributed by atoms with Gasteiger partial charge in [0.15, 0.2) is 5.82 Å². The van der Waals surface area contributed by atoms with Gasteiger partial charge in [-0.15, -0.1) is 12.4 Å². The van der Waals surface area contributed by atoms with E-state index in [1.807, 2.05) is 30.3 Å². The van der Waals surface area contributed by atoms with Gasteiger partial charge >= 0.3 is 0 Å². The predicted molar refractivity (Wildman–Crippen MR) is 65.7 cm³/mol. The molecule has 0 saturated carbocycles. The fourth-order valence-corrected chi connectivity index (χ4v) is 1.43. The van der Waals surface area contributed by atoms with Gasteiger partial charge in [-0.05, 0) is 5.56 Å². The van der Waals surface area contributed by atoms with Crippen molar-refractivity contribution in [2.75, 3.05) is 0 Å². The topological polar surface area (TPSA) is 73.8 Å². The molecule has 2 N–H and O–H groups in total. The van der Waals surface area contributed by atoms with Gasteiger partial charge < -0.3 is 5.73 Å². The van der Waals surface area contributed by atoms with Crippen molar-refractivity contribution in [3.8, 4) is 0 Å². The van der Waals surface area contributed by atoms with Crippen LogP contribution in [0.15, 0.2) is 36.7 Å². The van der Waals surface area contributed by atoms with E-state index in [0.717, 1.165) is 5.56 Å². The molecule has 0 radical (unpaired) electrons. The van der Waals surface area contributed by atoms with Crippen molar-refractivity contribution in [3.63, 3.8) is 0 Å². The number of benzene rings is 1. The highest BCUT2D eigenvalue weighted by atomic mass is 35.5. The maximum Gasteiger partial charge on any atom is 0.239 e. The molecule has 0 saturated heterocycles. The number of carbonyl (C=O) groups excluding carboxylic acids is 1. The minimum Gasteiger partial charge on any atom is -0.368 e. The van der Waals surface area contributed by atoms with Gasteiger partial charge in [0.1, 0.15) is 12.9 Å². The molecule has 0 bridgehead atoms. The molecule has 90 valence electrons. The SMILES string of the molecule is Cl.NC(=O)Cn1cnc(Cc2ccccc2)n1. The first kappa shape index (κ1) is 13.2. The van der Waals surface area contributed by atoms with Crippen LogP contribution in [0.3, 0.4) is 0 Å². The number of amides is 1. The first-order valence-electron chi connectivity index (χ1n) is 4.94. The van der Waals surface area contributed by atoms with Crippen molar-refractivity contribution in [1.29, 1.82) is 0 Å². The number of carbonyl (C=O) groups is 1. The van der Waals surface area contributed by atoms with Gasteiger partial charge in [0.2, 0.25) is 5.91 Å². The van der Waals surface area contributed by atoms with Crippen LogP contribution < -0.4 is 5.73 Å². The standard InChI is InChI=1S/C11H12N4O.ClH/c12-10(16)7-15-8-13-11(14-15)6-9-4-2-1-3-5-9;/h1-5,8H,6-7H2,(H2,12,16);1H. The summed E-state index contributed by atoms with van der Waals surface area (Å²) in [5.41, 5.74) is 6.20. The van der Waals surface area contributed by atoms with Crippen LogP contribution in [-0.4, -0.2) is 20.7 Å². The Morgan fingerprint density at radius 2 is 2.00 bits per heavy atom. The Hall–Kier alpha value is -1.88. The highest BCUT2D eigenvalue weighted by molar-refractivity contribution is 5.85. The molecule has 1 aromatic carbocycles. The fraction of sp³-hybridized carbons (Fsp3) is 0.182. The summed E-state index contributed by atoms with van der Waals surface area (Å²) in [6.45, 7) is 0.0712. The van der Waals surface area contributed by atoms with Gasteiger partial charge in [0, 0.05) is 6.42 Å². The van der Waals surface area contributed by atoms with Crippen LogP contribution in [0, 0.1) is 0 Å². The number of aromatic nitrogens is 3. The van der Waals surface area contributed by atoms with Gasteiger partial charge in [-0.3, -0.25) is 4.79 Å². The van der Waals surface area contributed by atoms with Crippen LogP contribution in [0.2, 0.25) is 0 Å². The highest BCUT2D eigenvalue weighted by Gasteiger charge is 2.03. The second-order valence-corrected chi connectivity index (χ2v) is 3.49. The van der Waals surface area contributed by atoms with Gasteiger partial charge in [0.05, 0.1) is 0 Å². The smallest absolute Gasteiger partial charge is 0.239 e. The molecule has 0 aliphatic rings. The van der Waals surface area contributed by atoms with Crippen LogP contribution in [-0.2, 0) is 17.8 Å². The number of nitrogens with zero attached hydrogens (tertiary/aromatic N) is 3. The lowest BCUT2D eigenvalue weighted by molar-refractivity contribution is -0.118.